The Morgan fingerprint density at radius 2 is 2.36 bits per heavy atom. The number of aromatic nitrogens is 2. The predicted molar refractivity (Wildman–Crippen MR) is 50.4 cm³/mol. The second-order valence-electron chi connectivity index (χ2n) is 1.80. The lowest BCUT2D eigenvalue weighted by molar-refractivity contribution is 1.01. The third-order valence-electron chi connectivity index (χ3n) is 0.926. The minimum atomic E-state index is 0.526. The van der Waals surface area contributed by atoms with Gasteiger partial charge in [0.15, 0.2) is 4.34 Å². The summed E-state index contributed by atoms with van der Waals surface area (Å²) >= 11 is 8.56. The van der Waals surface area contributed by atoms with Crippen LogP contribution in [0.2, 0.25) is 0 Å². The van der Waals surface area contributed by atoms with Gasteiger partial charge in [0.2, 0.25) is 5.13 Å². The lowest BCUT2D eigenvalue weighted by Gasteiger charge is -1.90. The van der Waals surface area contributed by atoms with E-state index in [2.05, 4.69) is 10.2 Å². The highest BCUT2D eigenvalue weighted by molar-refractivity contribution is 8.01. The van der Waals surface area contributed by atoms with Crippen molar-refractivity contribution in [1.82, 2.24) is 10.2 Å². The number of alkyl halides is 1. The molecular formula is C5H8ClN3S2. The van der Waals surface area contributed by atoms with Crippen LogP contribution < -0.4 is 5.73 Å². The quantitative estimate of drug-likeness (QED) is 0.467. The van der Waals surface area contributed by atoms with Crippen molar-refractivity contribution < 1.29 is 0 Å². The van der Waals surface area contributed by atoms with Crippen molar-refractivity contribution in [3.05, 3.63) is 0 Å². The molecule has 0 unspecified atom stereocenters. The molecule has 3 nitrogen and oxygen atoms in total. The fourth-order valence-electron chi connectivity index (χ4n) is 0.493. The van der Waals surface area contributed by atoms with Crippen molar-refractivity contribution in [3.8, 4) is 0 Å². The molecule has 0 fully saturated rings. The van der Waals surface area contributed by atoms with E-state index in [-0.39, 0.29) is 0 Å². The number of hydrogen-bond donors (Lipinski definition) is 1. The highest BCUT2D eigenvalue weighted by atomic mass is 35.5. The Labute approximate surface area is 78.3 Å². The van der Waals surface area contributed by atoms with Crippen molar-refractivity contribution >= 4 is 39.8 Å². The molecule has 0 aliphatic carbocycles. The molecule has 0 atom stereocenters. The Morgan fingerprint density at radius 1 is 1.55 bits per heavy atom. The number of hydrogen-bond acceptors (Lipinski definition) is 5. The Balaban J connectivity index is 2.27. The smallest absolute Gasteiger partial charge is 0.203 e. The van der Waals surface area contributed by atoms with Gasteiger partial charge in [-0.25, -0.2) is 0 Å². The molecule has 11 heavy (non-hydrogen) atoms. The molecule has 0 spiro atoms. The van der Waals surface area contributed by atoms with Crippen LogP contribution in [0.3, 0.4) is 0 Å². The first kappa shape index (κ1) is 9.09. The van der Waals surface area contributed by atoms with Gasteiger partial charge in [-0.1, -0.05) is 23.1 Å². The number of nitrogens with zero attached hydrogens (tertiary/aromatic N) is 2. The zero-order valence-electron chi connectivity index (χ0n) is 5.79. The van der Waals surface area contributed by atoms with Crippen LogP contribution >= 0.6 is 34.7 Å². The molecule has 1 aromatic heterocycles. The molecule has 1 rings (SSSR count). The maximum Gasteiger partial charge on any atom is 0.203 e. The van der Waals surface area contributed by atoms with Crippen LogP contribution in [0.4, 0.5) is 5.13 Å². The highest BCUT2D eigenvalue weighted by Gasteiger charge is 1.99. The molecule has 2 N–H and O–H groups in total. The van der Waals surface area contributed by atoms with Gasteiger partial charge in [-0.3, -0.25) is 0 Å². The van der Waals surface area contributed by atoms with Crippen LogP contribution in [-0.4, -0.2) is 21.8 Å². The van der Waals surface area contributed by atoms with E-state index in [1.165, 1.54) is 11.3 Å². The fourth-order valence-corrected chi connectivity index (χ4v) is 2.43. The van der Waals surface area contributed by atoms with Crippen LogP contribution in [0.1, 0.15) is 6.42 Å². The van der Waals surface area contributed by atoms with Crippen LogP contribution in [0.15, 0.2) is 4.34 Å². The van der Waals surface area contributed by atoms with Gasteiger partial charge in [0.1, 0.15) is 0 Å². The van der Waals surface area contributed by atoms with E-state index in [4.69, 9.17) is 17.3 Å². The van der Waals surface area contributed by atoms with Crippen molar-refractivity contribution in [1.29, 1.82) is 0 Å². The number of thioether (sulfide) groups is 1. The third kappa shape index (κ3) is 3.27. The zero-order valence-corrected chi connectivity index (χ0v) is 8.18. The lowest BCUT2D eigenvalue weighted by atomic mass is 10.6. The topological polar surface area (TPSA) is 51.8 Å². The zero-order chi connectivity index (χ0) is 8.10. The average molecular weight is 210 g/mol. The number of nitrogen functional groups attached to an aromatic ring is 1. The summed E-state index contributed by atoms with van der Waals surface area (Å²) in [5.74, 6) is 1.68. The molecule has 0 saturated heterocycles. The van der Waals surface area contributed by atoms with Gasteiger partial charge < -0.3 is 5.73 Å². The lowest BCUT2D eigenvalue weighted by Crippen LogP contribution is -1.80. The van der Waals surface area contributed by atoms with Crippen LogP contribution in [0.5, 0.6) is 0 Å². The van der Waals surface area contributed by atoms with E-state index in [0.29, 0.717) is 11.0 Å². The maximum atomic E-state index is 5.50. The van der Waals surface area contributed by atoms with Crippen LogP contribution in [0.25, 0.3) is 0 Å². The number of halogens is 1. The Bertz CT molecular complexity index is 215. The monoisotopic (exact) mass is 209 g/mol. The van der Waals surface area contributed by atoms with Crippen LogP contribution in [0, 0.1) is 0 Å². The maximum absolute atomic E-state index is 5.50. The molecule has 62 valence electrons. The molecule has 0 aliphatic heterocycles. The van der Waals surface area contributed by atoms with Crippen molar-refractivity contribution in [2.45, 2.75) is 10.8 Å². The molecule has 6 heteroatoms. The minimum absolute atomic E-state index is 0.526. The molecule has 0 bridgehead atoms. The summed E-state index contributed by atoms with van der Waals surface area (Å²) in [6.07, 6.45) is 0.992. The van der Waals surface area contributed by atoms with Gasteiger partial charge in [-0.05, 0) is 6.42 Å². The second kappa shape index (κ2) is 4.79. The van der Waals surface area contributed by atoms with Gasteiger partial charge in [-0.2, -0.15) is 0 Å². The van der Waals surface area contributed by atoms with E-state index in [9.17, 15) is 0 Å². The first-order chi connectivity index (χ1) is 5.33. The molecule has 0 amide bonds. The molecule has 1 aromatic rings. The van der Waals surface area contributed by atoms with Gasteiger partial charge in [0.25, 0.3) is 0 Å². The second-order valence-corrected chi connectivity index (χ2v) is 4.53. The SMILES string of the molecule is Nc1nnc(SCCCCl)s1. The summed E-state index contributed by atoms with van der Waals surface area (Å²) in [4.78, 5) is 0. The predicted octanol–water partition coefficient (Wildman–Crippen LogP) is 1.84. The minimum Gasteiger partial charge on any atom is -0.374 e. The van der Waals surface area contributed by atoms with Crippen molar-refractivity contribution in [2.75, 3.05) is 17.4 Å². The molecule has 0 aliphatic rings. The standard InChI is InChI=1S/C5H8ClN3S2/c6-2-1-3-10-5-9-8-4(7)11-5/h1-3H2,(H2,7,8). The first-order valence-electron chi connectivity index (χ1n) is 3.10. The van der Waals surface area contributed by atoms with Gasteiger partial charge in [0.05, 0.1) is 0 Å². The molecular weight excluding hydrogens is 202 g/mol. The Kier molecular flexibility index (Phi) is 3.96. The summed E-state index contributed by atoms with van der Waals surface area (Å²) in [7, 11) is 0. The molecule has 0 saturated carbocycles. The number of anilines is 1. The van der Waals surface area contributed by atoms with Crippen LogP contribution in [-0.2, 0) is 0 Å². The van der Waals surface area contributed by atoms with Gasteiger partial charge in [0, 0.05) is 11.6 Å². The van der Waals surface area contributed by atoms with Gasteiger partial charge in [-0.15, -0.1) is 21.8 Å². The molecule has 1 heterocycles. The summed E-state index contributed by atoms with van der Waals surface area (Å²) in [6, 6.07) is 0. The van der Waals surface area contributed by atoms with E-state index < -0.39 is 0 Å². The first-order valence-corrected chi connectivity index (χ1v) is 5.44. The fraction of sp³-hybridized carbons (Fsp3) is 0.600. The molecule has 0 radical (unpaired) electrons. The van der Waals surface area contributed by atoms with E-state index >= 15 is 0 Å². The van der Waals surface area contributed by atoms with Crippen molar-refractivity contribution in [2.24, 2.45) is 0 Å². The third-order valence-corrected chi connectivity index (χ3v) is 3.16. The summed E-state index contributed by atoms with van der Waals surface area (Å²) in [6.45, 7) is 0. The van der Waals surface area contributed by atoms with E-state index in [1.807, 2.05) is 0 Å². The highest BCUT2D eigenvalue weighted by Crippen LogP contribution is 2.23. The average Bonchev–Trinajstić information content (AvgIpc) is 2.37. The largest absolute Gasteiger partial charge is 0.374 e. The van der Waals surface area contributed by atoms with E-state index in [0.717, 1.165) is 16.5 Å². The normalized spacial score (nSPS) is 10.3. The van der Waals surface area contributed by atoms with Gasteiger partial charge >= 0.3 is 0 Å². The van der Waals surface area contributed by atoms with Crippen molar-refractivity contribution in [3.63, 3.8) is 0 Å². The number of nitrogens with two attached hydrogens (primary N) is 1. The Hall–Kier alpha value is -0.0000000000000000278. The summed E-state index contributed by atoms with van der Waals surface area (Å²) in [5, 5.41) is 8.07. The molecule has 0 aromatic carbocycles. The number of rotatable bonds is 4. The summed E-state index contributed by atoms with van der Waals surface area (Å²) < 4.78 is 0.924. The van der Waals surface area contributed by atoms with E-state index in [1.54, 1.807) is 11.8 Å². The Morgan fingerprint density at radius 3 is 2.91 bits per heavy atom. The summed E-state index contributed by atoms with van der Waals surface area (Å²) in [5.41, 5.74) is 5.39.